The predicted molar refractivity (Wildman–Crippen MR) is 76.6 cm³/mol. The third kappa shape index (κ3) is 5.38. The molecule has 1 fully saturated rings. The lowest BCUT2D eigenvalue weighted by atomic mass is 9.79. The molecule has 18 heavy (non-hydrogen) atoms. The van der Waals surface area contributed by atoms with Gasteiger partial charge in [0.05, 0.1) is 0 Å². The largest absolute Gasteiger partial charge is 0.464 e. The quantitative estimate of drug-likeness (QED) is 0.709. The fraction of sp³-hybridized carbons (Fsp3) is 0.933. The van der Waals surface area contributed by atoms with Crippen LogP contribution < -0.4 is 0 Å². The van der Waals surface area contributed by atoms with Crippen LogP contribution in [-0.2, 0) is 9.53 Å². The Kier molecular flexibility index (Phi) is 6.35. The number of likely N-dealkylation sites (tertiary alicyclic amines) is 1. The second-order valence-corrected chi connectivity index (χ2v) is 7.18. The van der Waals surface area contributed by atoms with Gasteiger partial charge in [-0.05, 0) is 40.7 Å². The highest BCUT2D eigenvalue weighted by atomic mass is 16.5. The van der Waals surface area contributed by atoms with Gasteiger partial charge in [-0.3, -0.25) is 9.69 Å². The maximum atomic E-state index is 10.3. The minimum absolute atomic E-state index is 0.0636. The van der Waals surface area contributed by atoms with Gasteiger partial charge in [0.2, 0.25) is 0 Å². The molecule has 3 heteroatoms. The zero-order chi connectivity index (χ0) is 14.6. The van der Waals surface area contributed by atoms with Crippen LogP contribution in [0.15, 0.2) is 0 Å². The highest BCUT2D eigenvalue weighted by Crippen LogP contribution is 2.37. The van der Waals surface area contributed by atoms with Crippen molar-refractivity contribution in [3.63, 3.8) is 0 Å². The zero-order valence-corrected chi connectivity index (χ0v) is 13.4. The SMILES string of the molecule is CC(C)C.CN1C(C)(C)CC(OC=O)CC1(C)C. The summed E-state index contributed by atoms with van der Waals surface area (Å²) in [5.41, 5.74) is 0.185. The van der Waals surface area contributed by atoms with Crippen molar-refractivity contribution in [3.8, 4) is 0 Å². The van der Waals surface area contributed by atoms with Gasteiger partial charge in [-0.15, -0.1) is 0 Å². The summed E-state index contributed by atoms with van der Waals surface area (Å²) in [5, 5.41) is 0. The number of carbonyl (C=O) groups excluding carboxylic acids is 1. The molecule has 0 atom stereocenters. The summed E-state index contributed by atoms with van der Waals surface area (Å²) < 4.78 is 5.10. The molecule has 108 valence electrons. The van der Waals surface area contributed by atoms with Crippen molar-refractivity contribution in [1.82, 2.24) is 4.90 Å². The third-order valence-corrected chi connectivity index (χ3v) is 3.52. The molecule has 0 aliphatic carbocycles. The van der Waals surface area contributed by atoms with Gasteiger partial charge in [0, 0.05) is 23.9 Å². The van der Waals surface area contributed by atoms with Gasteiger partial charge < -0.3 is 4.74 Å². The molecule has 0 aromatic rings. The van der Waals surface area contributed by atoms with Gasteiger partial charge in [-0.1, -0.05) is 20.8 Å². The molecule has 0 amide bonds. The van der Waals surface area contributed by atoms with Gasteiger partial charge in [-0.2, -0.15) is 0 Å². The lowest BCUT2D eigenvalue weighted by molar-refractivity contribution is -0.143. The van der Waals surface area contributed by atoms with Crippen molar-refractivity contribution in [3.05, 3.63) is 0 Å². The molecule has 0 unspecified atom stereocenters. The van der Waals surface area contributed by atoms with Crippen LogP contribution in [0.1, 0.15) is 61.3 Å². The Labute approximate surface area is 113 Å². The lowest BCUT2D eigenvalue weighted by Crippen LogP contribution is -2.60. The van der Waals surface area contributed by atoms with Crippen molar-refractivity contribution < 1.29 is 9.53 Å². The molecular formula is C15H31NO2. The summed E-state index contributed by atoms with van der Waals surface area (Å²) in [7, 11) is 2.14. The normalized spacial score (nSPS) is 23.2. The molecular weight excluding hydrogens is 226 g/mol. The van der Waals surface area contributed by atoms with Crippen molar-refractivity contribution in [1.29, 1.82) is 0 Å². The molecule has 1 saturated heterocycles. The van der Waals surface area contributed by atoms with E-state index in [1.165, 1.54) is 0 Å². The van der Waals surface area contributed by atoms with Gasteiger partial charge in [0.15, 0.2) is 0 Å². The van der Waals surface area contributed by atoms with Gasteiger partial charge in [0.1, 0.15) is 6.10 Å². The maximum absolute atomic E-state index is 10.3. The fourth-order valence-electron chi connectivity index (χ4n) is 2.45. The lowest BCUT2D eigenvalue weighted by Gasteiger charge is -2.52. The first-order valence-corrected chi connectivity index (χ1v) is 6.86. The molecule has 0 radical (unpaired) electrons. The first kappa shape index (κ1) is 17.4. The number of hydrogen-bond acceptors (Lipinski definition) is 3. The molecule has 0 saturated carbocycles. The topological polar surface area (TPSA) is 29.5 Å². The molecule has 3 nitrogen and oxygen atoms in total. The second kappa shape index (κ2) is 6.55. The van der Waals surface area contributed by atoms with E-state index in [2.05, 4.69) is 60.4 Å². The van der Waals surface area contributed by atoms with Crippen molar-refractivity contribution in [2.75, 3.05) is 7.05 Å². The standard InChI is InChI=1S/C11H21NO2.C4H10/c1-10(2)6-9(14-8-13)7-11(3,4)12(10)5;1-4(2)3/h8-9H,6-7H2,1-5H3;4H,1-3H3. The van der Waals surface area contributed by atoms with Gasteiger partial charge in [0.25, 0.3) is 6.47 Å². The number of ether oxygens (including phenoxy) is 1. The molecule has 0 N–H and O–H groups in total. The molecule has 1 aliphatic heterocycles. The van der Waals surface area contributed by atoms with Crippen LogP contribution in [0, 0.1) is 5.92 Å². The van der Waals surface area contributed by atoms with Crippen LogP contribution in [0.5, 0.6) is 0 Å². The van der Waals surface area contributed by atoms with Crippen molar-refractivity contribution in [2.24, 2.45) is 5.92 Å². The molecule has 0 aromatic carbocycles. The van der Waals surface area contributed by atoms with Crippen LogP contribution in [0.4, 0.5) is 0 Å². The average molecular weight is 257 g/mol. The van der Waals surface area contributed by atoms with Crippen LogP contribution in [0.3, 0.4) is 0 Å². The van der Waals surface area contributed by atoms with Crippen LogP contribution in [-0.4, -0.2) is 35.6 Å². The Bertz CT molecular complexity index is 238. The minimum atomic E-state index is 0.0636. The first-order valence-electron chi connectivity index (χ1n) is 6.86. The van der Waals surface area contributed by atoms with Crippen LogP contribution in [0.25, 0.3) is 0 Å². The number of piperidine rings is 1. The van der Waals surface area contributed by atoms with E-state index in [1.807, 2.05) is 0 Å². The number of hydrogen-bond donors (Lipinski definition) is 0. The zero-order valence-electron chi connectivity index (χ0n) is 13.4. The Hall–Kier alpha value is -0.570. The van der Waals surface area contributed by atoms with Crippen LogP contribution in [0.2, 0.25) is 0 Å². The Balaban J connectivity index is 0.000000631. The summed E-state index contributed by atoms with van der Waals surface area (Å²) in [6.45, 7) is 15.8. The van der Waals surface area contributed by atoms with Crippen molar-refractivity contribution >= 4 is 6.47 Å². The number of carbonyl (C=O) groups is 1. The van der Waals surface area contributed by atoms with E-state index < -0.39 is 0 Å². The fourth-order valence-corrected chi connectivity index (χ4v) is 2.45. The highest BCUT2D eigenvalue weighted by Gasteiger charge is 2.43. The molecule has 0 bridgehead atoms. The maximum Gasteiger partial charge on any atom is 0.293 e. The number of nitrogens with zero attached hydrogens (tertiary/aromatic N) is 1. The summed E-state index contributed by atoms with van der Waals surface area (Å²) >= 11 is 0. The van der Waals surface area contributed by atoms with E-state index in [0.29, 0.717) is 6.47 Å². The first-order chi connectivity index (χ1) is 8.03. The van der Waals surface area contributed by atoms with Gasteiger partial charge >= 0.3 is 0 Å². The van der Waals surface area contributed by atoms with E-state index >= 15 is 0 Å². The Morgan fingerprint density at radius 3 is 1.72 bits per heavy atom. The smallest absolute Gasteiger partial charge is 0.293 e. The van der Waals surface area contributed by atoms with E-state index in [-0.39, 0.29) is 17.2 Å². The molecule has 1 aliphatic rings. The van der Waals surface area contributed by atoms with Crippen molar-refractivity contribution in [2.45, 2.75) is 78.5 Å². The minimum Gasteiger partial charge on any atom is -0.464 e. The van der Waals surface area contributed by atoms with E-state index in [4.69, 9.17) is 4.74 Å². The predicted octanol–water partition coefficient (Wildman–Crippen LogP) is 3.47. The van der Waals surface area contributed by atoms with E-state index in [9.17, 15) is 4.79 Å². The monoisotopic (exact) mass is 257 g/mol. The van der Waals surface area contributed by atoms with Gasteiger partial charge in [-0.25, -0.2) is 0 Å². The summed E-state index contributed by atoms with van der Waals surface area (Å²) in [6, 6.07) is 0. The van der Waals surface area contributed by atoms with E-state index in [0.717, 1.165) is 18.8 Å². The van der Waals surface area contributed by atoms with E-state index in [1.54, 1.807) is 0 Å². The third-order valence-electron chi connectivity index (χ3n) is 3.52. The molecule has 1 heterocycles. The highest BCUT2D eigenvalue weighted by molar-refractivity contribution is 5.37. The Morgan fingerprint density at radius 2 is 1.44 bits per heavy atom. The number of rotatable bonds is 2. The molecule has 1 rings (SSSR count). The van der Waals surface area contributed by atoms with Crippen LogP contribution >= 0.6 is 0 Å². The summed E-state index contributed by atoms with van der Waals surface area (Å²) in [4.78, 5) is 12.7. The average Bonchev–Trinajstić information content (AvgIpc) is 2.12. The Morgan fingerprint density at radius 1 is 1.11 bits per heavy atom. The second-order valence-electron chi connectivity index (χ2n) is 7.18. The molecule has 0 aromatic heterocycles. The molecule has 0 spiro atoms. The summed E-state index contributed by atoms with van der Waals surface area (Å²) in [5.74, 6) is 0.833. The summed E-state index contributed by atoms with van der Waals surface area (Å²) in [6.07, 6.45) is 1.88.